The van der Waals surface area contributed by atoms with Crippen LogP contribution in [0.2, 0.25) is 0 Å². The first-order valence-corrected chi connectivity index (χ1v) is 7.14. The molecule has 0 spiro atoms. The number of primary amides is 1. The predicted molar refractivity (Wildman–Crippen MR) is 86.1 cm³/mol. The first kappa shape index (κ1) is 15.8. The molecular weight excluding hydrogens is 276 g/mol. The fraction of sp³-hybridized carbons (Fsp3) is 0.222. The van der Waals surface area contributed by atoms with E-state index in [4.69, 9.17) is 5.73 Å². The minimum absolute atomic E-state index is 0.129. The average molecular weight is 296 g/mol. The molecule has 2 rings (SSSR count). The van der Waals surface area contributed by atoms with E-state index in [-0.39, 0.29) is 12.5 Å². The van der Waals surface area contributed by atoms with Gasteiger partial charge in [-0.3, -0.25) is 9.59 Å². The highest BCUT2D eigenvalue weighted by atomic mass is 16.2. The van der Waals surface area contributed by atoms with Crippen molar-refractivity contribution in [2.24, 2.45) is 5.73 Å². The number of nitrogens with two attached hydrogens (primary N) is 1. The number of hydrogen-bond acceptors (Lipinski definition) is 2. The predicted octanol–water partition coefficient (Wildman–Crippen LogP) is 2.55. The zero-order valence-electron chi connectivity index (χ0n) is 12.8. The summed E-state index contributed by atoms with van der Waals surface area (Å²) in [5.41, 5.74) is 6.18. The molecule has 0 bridgehead atoms. The van der Waals surface area contributed by atoms with Crippen molar-refractivity contribution in [2.45, 2.75) is 19.4 Å². The Bertz CT molecular complexity index is 651. The Hall–Kier alpha value is -2.62. The first-order chi connectivity index (χ1) is 10.4. The third-order valence-electron chi connectivity index (χ3n) is 3.73. The summed E-state index contributed by atoms with van der Waals surface area (Å²) in [6.45, 7) is 3.69. The van der Waals surface area contributed by atoms with E-state index >= 15 is 0 Å². The van der Waals surface area contributed by atoms with Gasteiger partial charge in [0.2, 0.25) is 5.91 Å². The lowest BCUT2D eigenvalue weighted by atomic mass is 9.91. The Kier molecular flexibility index (Phi) is 4.61. The van der Waals surface area contributed by atoms with Gasteiger partial charge in [-0.15, -0.1) is 0 Å². The summed E-state index contributed by atoms with van der Waals surface area (Å²) in [4.78, 5) is 25.8. The molecule has 0 heterocycles. The second kappa shape index (κ2) is 6.43. The van der Waals surface area contributed by atoms with Crippen LogP contribution < -0.4 is 5.73 Å². The summed E-state index contributed by atoms with van der Waals surface area (Å²) >= 11 is 0. The van der Waals surface area contributed by atoms with Gasteiger partial charge in [-0.05, 0) is 31.5 Å². The monoisotopic (exact) mass is 296 g/mol. The molecule has 2 N–H and O–H groups in total. The van der Waals surface area contributed by atoms with E-state index in [9.17, 15) is 9.59 Å². The molecule has 0 radical (unpaired) electrons. The average Bonchev–Trinajstić information content (AvgIpc) is 2.53. The van der Waals surface area contributed by atoms with Gasteiger partial charge in [0.05, 0.1) is 5.54 Å². The smallest absolute Gasteiger partial charge is 0.255 e. The number of carbonyl (C=O) groups excluding carboxylic acids is 2. The van der Waals surface area contributed by atoms with Crippen LogP contribution in [0.3, 0.4) is 0 Å². The summed E-state index contributed by atoms with van der Waals surface area (Å²) < 4.78 is 0. The highest BCUT2D eigenvalue weighted by Gasteiger charge is 2.33. The van der Waals surface area contributed by atoms with Crippen molar-refractivity contribution in [3.05, 3.63) is 71.8 Å². The van der Waals surface area contributed by atoms with Crippen molar-refractivity contribution >= 4 is 11.8 Å². The van der Waals surface area contributed by atoms with Crippen LogP contribution in [0.15, 0.2) is 60.7 Å². The highest BCUT2D eigenvalue weighted by molar-refractivity contribution is 5.96. The van der Waals surface area contributed by atoms with E-state index in [1.807, 2.05) is 50.2 Å². The summed E-state index contributed by atoms with van der Waals surface area (Å²) in [5.74, 6) is -0.749. The molecule has 2 aromatic rings. The Labute approximate surface area is 130 Å². The van der Waals surface area contributed by atoms with Crippen LogP contribution in [0, 0.1) is 0 Å². The van der Waals surface area contributed by atoms with Crippen LogP contribution >= 0.6 is 0 Å². The van der Waals surface area contributed by atoms with Crippen molar-refractivity contribution in [2.75, 3.05) is 6.54 Å². The lowest BCUT2D eigenvalue weighted by molar-refractivity contribution is -0.119. The minimum Gasteiger partial charge on any atom is -0.368 e. The van der Waals surface area contributed by atoms with Gasteiger partial charge in [0.25, 0.3) is 5.91 Å². The Balaban J connectivity index is 2.42. The quantitative estimate of drug-likeness (QED) is 0.921. The van der Waals surface area contributed by atoms with Gasteiger partial charge in [-0.25, -0.2) is 0 Å². The number of benzene rings is 2. The van der Waals surface area contributed by atoms with Gasteiger partial charge >= 0.3 is 0 Å². The highest BCUT2D eigenvalue weighted by Crippen LogP contribution is 2.29. The van der Waals surface area contributed by atoms with Crippen LogP contribution in [0.25, 0.3) is 0 Å². The van der Waals surface area contributed by atoms with E-state index in [0.29, 0.717) is 5.56 Å². The van der Waals surface area contributed by atoms with Gasteiger partial charge in [0.1, 0.15) is 6.54 Å². The maximum absolute atomic E-state index is 12.8. The van der Waals surface area contributed by atoms with Crippen molar-refractivity contribution < 1.29 is 9.59 Å². The summed E-state index contributed by atoms with van der Waals surface area (Å²) in [6, 6.07) is 18.5. The second-order valence-electron chi connectivity index (χ2n) is 5.65. The molecule has 0 aliphatic carbocycles. The number of hydrogen-bond donors (Lipinski definition) is 1. The van der Waals surface area contributed by atoms with Crippen LogP contribution in [0.1, 0.15) is 29.8 Å². The number of carbonyl (C=O) groups is 2. The lowest BCUT2D eigenvalue weighted by Crippen LogP contribution is -2.49. The Morgan fingerprint density at radius 3 is 1.95 bits per heavy atom. The number of nitrogens with zero attached hydrogens (tertiary/aromatic N) is 1. The molecule has 2 amide bonds. The van der Waals surface area contributed by atoms with Crippen LogP contribution in [0.5, 0.6) is 0 Å². The zero-order chi connectivity index (χ0) is 16.2. The van der Waals surface area contributed by atoms with Crippen LogP contribution in [-0.2, 0) is 10.3 Å². The van der Waals surface area contributed by atoms with Crippen molar-refractivity contribution in [3.8, 4) is 0 Å². The molecule has 4 heteroatoms. The zero-order valence-corrected chi connectivity index (χ0v) is 12.8. The molecule has 0 atom stereocenters. The second-order valence-corrected chi connectivity index (χ2v) is 5.65. The Morgan fingerprint density at radius 2 is 1.45 bits per heavy atom. The summed E-state index contributed by atoms with van der Waals surface area (Å²) in [5, 5.41) is 0. The largest absolute Gasteiger partial charge is 0.368 e. The number of amides is 2. The third-order valence-corrected chi connectivity index (χ3v) is 3.73. The van der Waals surface area contributed by atoms with Crippen LogP contribution in [0.4, 0.5) is 0 Å². The van der Waals surface area contributed by atoms with Gasteiger partial charge in [-0.1, -0.05) is 48.5 Å². The molecule has 0 unspecified atom stereocenters. The minimum atomic E-state index is -0.650. The molecule has 22 heavy (non-hydrogen) atoms. The van der Waals surface area contributed by atoms with E-state index < -0.39 is 11.4 Å². The standard InChI is InChI=1S/C18H20N2O2/c1-18(2,15-11-7-4-8-12-15)20(13-16(19)21)17(22)14-9-5-3-6-10-14/h3-12H,13H2,1-2H3,(H2,19,21). The van der Waals surface area contributed by atoms with E-state index in [1.165, 1.54) is 4.90 Å². The maximum Gasteiger partial charge on any atom is 0.255 e. The van der Waals surface area contributed by atoms with Gasteiger partial charge < -0.3 is 10.6 Å². The van der Waals surface area contributed by atoms with E-state index in [2.05, 4.69) is 0 Å². The molecular formula is C18H20N2O2. The molecule has 0 saturated carbocycles. The molecule has 0 aliphatic heterocycles. The topological polar surface area (TPSA) is 63.4 Å². The fourth-order valence-electron chi connectivity index (χ4n) is 2.42. The fourth-order valence-corrected chi connectivity index (χ4v) is 2.42. The van der Waals surface area contributed by atoms with Crippen molar-refractivity contribution in [1.29, 1.82) is 0 Å². The lowest BCUT2D eigenvalue weighted by Gasteiger charge is -2.38. The third kappa shape index (κ3) is 3.34. The molecule has 2 aromatic carbocycles. The number of rotatable bonds is 5. The SMILES string of the molecule is CC(C)(c1ccccc1)N(CC(N)=O)C(=O)c1ccccc1. The van der Waals surface area contributed by atoms with Gasteiger partial charge in [0, 0.05) is 5.56 Å². The van der Waals surface area contributed by atoms with E-state index in [1.54, 1.807) is 24.3 Å². The van der Waals surface area contributed by atoms with E-state index in [0.717, 1.165) is 5.56 Å². The normalized spacial score (nSPS) is 11.0. The molecule has 0 fully saturated rings. The molecule has 0 aromatic heterocycles. The Morgan fingerprint density at radius 1 is 0.955 bits per heavy atom. The van der Waals surface area contributed by atoms with Crippen molar-refractivity contribution in [3.63, 3.8) is 0 Å². The molecule has 4 nitrogen and oxygen atoms in total. The molecule has 0 saturated heterocycles. The molecule has 0 aliphatic rings. The summed E-state index contributed by atoms with van der Waals surface area (Å²) in [6.07, 6.45) is 0. The first-order valence-electron chi connectivity index (χ1n) is 7.14. The van der Waals surface area contributed by atoms with Crippen molar-refractivity contribution in [1.82, 2.24) is 4.90 Å². The van der Waals surface area contributed by atoms with Gasteiger partial charge in [-0.2, -0.15) is 0 Å². The van der Waals surface area contributed by atoms with Crippen LogP contribution in [-0.4, -0.2) is 23.3 Å². The maximum atomic E-state index is 12.8. The van der Waals surface area contributed by atoms with Gasteiger partial charge in [0.15, 0.2) is 0 Å². The molecule has 114 valence electrons. The summed E-state index contributed by atoms with van der Waals surface area (Å²) in [7, 11) is 0.